The van der Waals surface area contributed by atoms with Crippen LogP contribution >= 0.6 is 15.9 Å². The molecule has 0 bridgehead atoms. The first-order chi connectivity index (χ1) is 12.6. The van der Waals surface area contributed by atoms with Gasteiger partial charge >= 0.3 is 6.09 Å². The second kappa shape index (κ2) is 6.84. The van der Waals surface area contributed by atoms with E-state index in [0.29, 0.717) is 5.69 Å². The number of rotatable bonds is 3. The van der Waals surface area contributed by atoms with Crippen molar-refractivity contribution in [2.75, 3.05) is 11.9 Å². The Labute approximate surface area is 159 Å². The van der Waals surface area contributed by atoms with Crippen LogP contribution in [-0.4, -0.2) is 17.8 Å². The van der Waals surface area contributed by atoms with Crippen LogP contribution < -0.4 is 5.32 Å². The van der Waals surface area contributed by atoms with Crippen LogP contribution in [0.1, 0.15) is 17.0 Å². The Balaban J connectivity index is 1.51. The van der Waals surface area contributed by atoms with Crippen molar-refractivity contribution in [3.8, 4) is 16.9 Å². The van der Waals surface area contributed by atoms with E-state index < -0.39 is 6.09 Å². The number of aromatic hydroxyl groups is 1. The van der Waals surface area contributed by atoms with Crippen molar-refractivity contribution in [2.45, 2.75) is 5.92 Å². The minimum Gasteiger partial charge on any atom is -0.506 e. The first-order valence-corrected chi connectivity index (χ1v) is 9.03. The second-order valence-corrected chi connectivity index (χ2v) is 7.03. The quantitative estimate of drug-likeness (QED) is 0.560. The molecule has 0 atom stereocenters. The van der Waals surface area contributed by atoms with E-state index in [1.807, 2.05) is 24.3 Å². The Bertz CT molecular complexity index is 941. The SMILES string of the molecule is O=C(Nc1cc(Br)ccc1O)OCC1c2ccccc2-c2ccccc21. The standard InChI is InChI=1S/C21H16BrNO3/c22-13-9-10-20(24)19(11-13)23-21(25)26-12-18-16-7-3-1-5-14(16)15-6-2-4-8-17(15)18/h1-11,18,24H,12H2,(H,23,25). The number of phenols is 1. The van der Waals surface area contributed by atoms with Gasteiger partial charge in [0.25, 0.3) is 0 Å². The Hall–Kier alpha value is -2.79. The number of fused-ring (bicyclic) bond motifs is 3. The fourth-order valence-electron chi connectivity index (χ4n) is 3.35. The van der Waals surface area contributed by atoms with Gasteiger partial charge < -0.3 is 9.84 Å². The number of carbonyl (C=O) groups is 1. The van der Waals surface area contributed by atoms with Crippen LogP contribution in [-0.2, 0) is 4.74 Å². The number of hydrogen-bond acceptors (Lipinski definition) is 3. The van der Waals surface area contributed by atoms with Gasteiger partial charge in [-0.15, -0.1) is 0 Å². The molecule has 0 radical (unpaired) electrons. The summed E-state index contributed by atoms with van der Waals surface area (Å²) in [6.45, 7) is 0.231. The number of hydrogen-bond donors (Lipinski definition) is 2. The van der Waals surface area contributed by atoms with Crippen molar-refractivity contribution < 1.29 is 14.6 Å². The topological polar surface area (TPSA) is 58.6 Å². The molecular weight excluding hydrogens is 394 g/mol. The molecule has 3 aromatic carbocycles. The zero-order valence-corrected chi connectivity index (χ0v) is 15.4. The van der Waals surface area contributed by atoms with Crippen LogP contribution in [0.2, 0.25) is 0 Å². The highest BCUT2D eigenvalue weighted by atomic mass is 79.9. The summed E-state index contributed by atoms with van der Waals surface area (Å²) in [6, 6.07) is 21.2. The van der Waals surface area contributed by atoms with Gasteiger partial charge in [-0.05, 0) is 40.5 Å². The van der Waals surface area contributed by atoms with E-state index in [4.69, 9.17) is 4.74 Å². The molecule has 1 amide bonds. The highest BCUT2D eigenvalue weighted by molar-refractivity contribution is 9.10. The van der Waals surface area contributed by atoms with E-state index in [2.05, 4.69) is 45.5 Å². The Kier molecular flexibility index (Phi) is 4.39. The van der Waals surface area contributed by atoms with Gasteiger partial charge in [-0.3, -0.25) is 5.32 Å². The van der Waals surface area contributed by atoms with Crippen molar-refractivity contribution in [2.24, 2.45) is 0 Å². The summed E-state index contributed by atoms with van der Waals surface area (Å²) >= 11 is 3.31. The Morgan fingerprint density at radius 2 is 1.62 bits per heavy atom. The molecule has 0 unspecified atom stereocenters. The van der Waals surface area contributed by atoms with Crippen molar-refractivity contribution >= 4 is 27.7 Å². The molecule has 4 rings (SSSR count). The van der Waals surface area contributed by atoms with Crippen molar-refractivity contribution in [3.05, 3.63) is 82.3 Å². The number of nitrogens with one attached hydrogen (secondary N) is 1. The lowest BCUT2D eigenvalue weighted by Gasteiger charge is -2.15. The number of anilines is 1. The Morgan fingerprint density at radius 3 is 2.27 bits per heavy atom. The lowest BCUT2D eigenvalue weighted by molar-refractivity contribution is 0.158. The molecule has 5 heteroatoms. The van der Waals surface area contributed by atoms with E-state index in [0.717, 1.165) is 15.6 Å². The first kappa shape index (κ1) is 16.7. The van der Waals surface area contributed by atoms with Crippen molar-refractivity contribution in [1.82, 2.24) is 0 Å². The van der Waals surface area contributed by atoms with Crippen LogP contribution in [0.25, 0.3) is 11.1 Å². The Morgan fingerprint density at radius 1 is 1.00 bits per heavy atom. The maximum absolute atomic E-state index is 12.2. The highest BCUT2D eigenvalue weighted by Gasteiger charge is 2.29. The molecule has 0 aliphatic heterocycles. The summed E-state index contributed by atoms with van der Waals surface area (Å²) in [5.41, 5.74) is 4.98. The number of carbonyl (C=O) groups excluding carboxylic acids is 1. The molecule has 3 aromatic rings. The zero-order valence-electron chi connectivity index (χ0n) is 13.8. The lowest BCUT2D eigenvalue weighted by atomic mass is 9.98. The molecule has 26 heavy (non-hydrogen) atoms. The molecule has 0 spiro atoms. The molecule has 1 aliphatic carbocycles. The van der Waals surface area contributed by atoms with E-state index in [9.17, 15) is 9.90 Å². The summed E-state index contributed by atoms with van der Waals surface area (Å²) in [7, 11) is 0. The summed E-state index contributed by atoms with van der Waals surface area (Å²) in [6.07, 6.45) is -0.597. The van der Waals surface area contributed by atoms with E-state index in [1.165, 1.54) is 17.2 Å². The van der Waals surface area contributed by atoms with Gasteiger partial charge in [0.1, 0.15) is 12.4 Å². The maximum Gasteiger partial charge on any atom is 0.411 e. The molecule has 4 nitrogen and oxygen atoms in total. The highest BCUT2D eigenvalue weighted by Crippen LogP contribution is 2.44. The number of amides is 1. The normalized spacial score (nSPS) is 12.3. The number of halogens is 1. The molecule has 1 aliphatic rings. The van der Waals surface area contributed by atoms with Crippen molar-refractivity contribution in [3.63, 3.8) is 0 Å². The van der Waals surface area contributed by atoms with Gasteiger partial charge in [-0.1, -0.05) is 64.5 Å². The average Bonchev–Trinajstić information content (AvgIpc) is 2.97. The van der Waals surface area contributed by atoms with Gasteiger partial charge in [0.2, 0.25) is 0 Å². The van der Waals surface area contributed by atoms with Crippen LogP contribution in [0, 0.1) is 0 Å². The van der Waals surface area contributed by atoms with Gasteiger partial charge in [0, 0.05) is 10.4 Å². The van der Waals surface area contributed by atoms with Gasteiger partial charge in [-0.25, -0.2) is 4.79 Å². The number of benzene rings is 3. The molecule has 0 fully saturated rings. The summed E-state index contributed by atoms with van der Waals surface area (Å²) in [4.78, 5) is 12.2. The zero-order chi connectivity index (χ0) is 18.1. The van der Waals surface area contributed by atoms with Crippen LogP contribution in [0.5, 0.6) is 5.75 Å². The average molecular weight is 410 g/mol. The minimum atomic E-state index is -0.597. The number of phenolic OH excluding ortho intramolecular Hbond substituents is 1. The predicted octanol–water partition coefficient (Wildman–Crippen LogP) is 5.52. The van der Waals surface area contributed by atoms with E-state index >= 15 is 0 Å². The third-order valence-electron chi connectivity index (χ3n) is 4.54. The third kappa shape index (κ3) is 3.06. The minimum absolute atomic E-state index is 0.00394. The van der Waals surface area contributed by atoms with Gasteiger partial charge in [0.05, 0.1) is 5.69 Å². The molecule has 0 saturated carbocycles. The van der Waals surface area contributed by atoms with Crippen LogP contribution in [0.3, 0.4) is 0 Å². The molecular formula is C21H16BrNO3. The van der Waals surface area contributed by atoms with Crippen LogP contribution in [0.15, 0.2) is 71.2 Å². The summed E-state index contributed by atoms with van der Waals surface area (Å²) < 4.78 is 6.22. The van der Waals surface area contributed by atoms with E-state index in [-0.39, 0.29) is 18.3 Å². The fraction of sp³-hybridized carbons (Fsp3) is 0.0952. The van der Waals surface area contributed by atoms with Gasteiger partial charge in [0.15, 0.2) is 0 Å². The van der Waals surface area contributed by atoms with E-state index in [1.54, 1.807) is 12.1 Å². The van der Waals surface area contributed by atoms with Crippen molar-refractivity contribution in [1.29, 1.82) is 0 Å². The molecule has 2 N–H and O–H groups in total. The first-order valence-electron chi connectivity index (χ1n) is 8.24. The summed E-state index contributed by atoms with van der Waals surface area (Å²) in [5, 5.41) is 12.4. The van der Waals surface area contributed by atoms with Crippen LogP contribution in [0.4, 0.5) is 10.5 Å². The fourth-order valence-corrected chi connectivity index (χ4v) is 3.71. The predicted molar refractivity (Wildman–Crippen MR) is 104 cm³/mol. The smallest absolute Gasteiger partial charge is 0.411 e. The second-order valence-electron chi connectivity index (χ2n) is 6.11. The summed E-state index contributed by atoms with van der Waals surface area (Å²) in [5.74, 6) is -0.00837. The monoisotopic (exact) mass is 409 g/mol. The maximum atomic E-state index is 12.2. The molecule has 0 heterocycles. The molecule has 130 valence electrons. The largest absolute Gasteiger partial charge is 0.506 e. The lowest BCUT2D eigenvalue weighted by Crippen LogP contribution is -2.18. The third-order valence-corrected chi connectivity index (χ3v) is 5.03. The molecule has 0 saturated heterocycles. The van der Waals surface area contributed by atoms with Gasteiger partial charge in [-0.2, -0.15) is 0 Å². The number of ether oxygens (including phenoxy) is 1. The molecule has 0 aromatic heterocycles.